The van der Waals surface area contributed by atoms with Crippen LogP contribution in [-0.2, 0) is 11.5 Å². The minimum atomic E-state index is -0.125. The largest absolute Gasteiger partial charge is 0.322 e. The van der Waals surface area contributed by atoms with Gasteiger partial charge in [0.15, 0.2) is 5.16 Å². The van der Waals surface area contributed by atoms with E-state index in [-0.39, 0.29) is 5.91 Å². The number of anilines is 1. The van der Waals surface area contributed by atoms with E-state index in [1.165, 1.54) is 11.9 Å². The number of rotatable bonds is 8. The number of nitrogens with zero attached hydrogens (tertiary/aromatic N) is 3. The molecule has 2 heterocycles. The van der Waals surface area contributed by atoms with E-state index in [0.29, 0.717) is 5.56 Å². The van der Waals surface area contributed by atoms with Gasteiger partial charge >= 0.3 is 0 Å². The SMILES string of the molecule is O=C(Nc1ccc(SCc2cccnc2)cc1)c1ccc(CSc2ncn[nH]2)cc1. The minimum Gasteiger partial charge on any atom is -0.322 e. The van der Waals surface area contributed by atoms with Gasteiger partial charge in [0.05, 0.1) is 0 Å². The monoisotopic (exact) mass is 433 g/mol. The van der Waals surface area contributed by atoms with E-state index in [0.717, 1.165) is 32.8 Å². The number of carbonyl (C=O) groups excluding carboxylic acids is 1. The number of carbonyl (C=O) groups is 1. The van der Waals surface area contributed by atoms with Crippen LogP contribution in [-0.4, -0.2) is 26.1 Å². The molecule has 150 valence electrons. The van der Waals surface area contributed by atoms with Crippen LogP contribution in [0.4, 0.5) is 5.69 Å². The van der Waals surface area contributed by atoms with Crippen molar-refractivity contribution in [2.75, 3.05) is 5.32 Å². The molecule has 4 aromatic rings. The highest BCUT2D eigenvalue weighted by Gasteiger charge is 2.07. The molecule has 0 saturated carbocycles. The molecule has 0 aliphatic carbocycles. The fraction of sp³-hybridized carbons (Fsp3) is 0.0909. The maximum Gasteiger partial charge on any atom is 0.255 e. The molecule has 1 amide bonds. The molecule has 0 aliphatic rings. The topological polar surface area (TPSA) is 83.6 Å². The number of nitrogens with one attached hydrogen (secondary N) is 2. The first-order valence-corrected chi connectivity index (χ1v) is 11.2. The van der Waals surface area contributed by atoms with Gasteiger partial charge in [-0.2, -0.15) is 5.10 Å². The molecular weight excluding hydrogens is 414 g/mol. The Morgan fingerprint density at radius 1 is 0.933 bits per heavy atom. The van der Waals surface area contributed by atoms with Crippen molar-refractivity contribution in [1.82, 2.24) is 20.2 Å². The molecule has 30 heavy (non-hydrogen) atoms. The van der Waals surface area contributed by atoms with Crippen molar-refractivity contribution in [2.24, 2.45) is 0 Å². The molecular formula is C22H19N5OS2. The highest BCUT2D eigenvalue weighted by molar-refractivity contribution is 7.98. The van der Waals surface area contributed by atoms with Gasteiger partial charge in [0.25, 0.3) is 5.91 Å². The fourth-order valence-corrected chi connectivity index (χ4v) is 4.22. The number of pyridine rings is 1. The maximum atomic E-state index is 12.5. The van der Waals surface area contributed by atoms with Gasteiger partial charge in [-0.25, -0.2) is 4.98 Å². The van der Waals surface area contributed by atoms with Crippen molar-refractivity contribution in [3.05, 3.63) is 96.1 Å². The first kappa shape index (κ1) is 20.2. The number of aromatic amines is 1. The molecule has 0 radical (unpaired) electrons. The van der Waals surface area contributed by atoms with Gasteiger partial charge in [-0.1, -0.05) is 30.0 Å². The van der Waals surface area contributed by atoms with Crippen molar-refractivity contribution in [3.63, 3.8) is 0 Å². The van der Waals surface area contributed by atoms with E-state index in [9.17, 15) is 4.79 Å². The molecule has 0 saturated heterocycles. The summed E-state index contributed by atoms with van der Waals surface area (Å²) >= 11 is 3.30. The third kappa shape index (κ3) is 5.71. The van der Waals surface area contributed by atoms with Crippen LogP contribution < -0.4 is 5.32 Å². The first-order chi connectivity index (χ1) is 14.8. The molecule has 0 atom stereocenters. The molecule has 0 bridgehead atoms. The molecule has 8 heteroatoms. The average molecular weight is 434 g/mol. The molecule has 0 spiro atoms. The Kier molecular flexibility index (Phi) is 6.79. The lowest BCUT2D eigenvalue weighted by molar-refractivity contribution is 0.102. The smallest absolute Gasteiger partial charge is 0.255 e. The van der Waals surface area contributed by atoms with E-state index in [4.69, 9.17) is 0 Å². The summed E-state index contributed by atoms with van der Waals surface area (Å²) in [5, 5.41) is 10.4. The second-order valence-electron chi connectivity index (χ2n) is 6.40. The summed E-state index contributed by atoms with van der Waals surface area (Å²) in [7, 11) is 0. The second kappa shape index (κ2) is 10.1. The number of benzene rings is 2. The van der Waals surface area contributed by atoms with Crippen LogP contribution >= 0.6 is 23.5 Å². The summed E-state index contributed by atoms with van der Waals surface area (Å²) in [6, 6.07) is 19.5. The summed E-state index contributed by atoms with van der Waals surface area (Å²) < 4.78 is 0. The number of aromatic nitrogens is 4. The zero-order chi connectivity index (χ0) is 20.6. The van der Waals surface area contributed by atoms with Crippen LogP contribution in [0, 0.1) is 0 Å². The highest BCUT2D eigenvalue weighted by atomic mass is 32.2. The normalized spacial score (nSPS) is 10.7. The average Bonchev–Trinajstić information content (AvgIpc) is 3.32. The fourth-order valence-electron chi connectivity index (χ4n) is 2.66. The van der Waals surface area contributed by atoms with Gasteiger partial charge < -0.3 is 5.32 Å². The maximum absolute atomic E-state index is 12.5. The number of hydrogen-bond acceptors (Lipinski definition) is 6. The molecule has 6 nitrogen and oxygen atoms in total. The third-order valence-electron chi connectivity index (χ3n) is 4.23. The summed E-state index contributed by atoms with van der Waals surface area (Å²) in [6.07, 6.45) is 5.14. The van der Waals surface area contributed by atoms with Crippen molar-refractivity contribution < 1.29 is 4.79 Å². The molecule has 2 N–H and O–H groups in total. The van der Waals surface area contributed by atoms with Crippen molar-refractivity contribution in [1.29, 1.82) is 0 Å². The summed E-state index contributed by atoms with van der Waals surface area (Å²) in [5.41, 5.74) is 3.69. The molecule has 2 aromatic carbocycles. The number of H-pyrrole nitrogens is 1. The van der Waals surface area contributed by atoms with Crippen molar-refractivity contribution in [3.8, 4) is 0 Å². The first-order valence-electron chi connectivity index (χ1n) is 9.26. The zero-order valence-electron chi connectivity index (χ0n) is 16.0. The molecule has 0 fully saturated rings. The Morgan fingerprint density at radius 2 is 1.73 bits per heavy atom. The van der Waals surface area contributed by atoms with E-state index >= 15 is 0 Å². The molecule has 2 aromatic heterocycles. The lowest BCUT2D eigenvalue weighted by Crippen LogP contribution is -2.11. The van der Waals surface area contributed by atoms with E-state index in [1.807, 2.05) is 60.8 Å². The van der Waals surface area contributed by atoms with Crippen LogP contribution in [0.1, 0.15) is 21.5 Å². The number of hydrogen-bond donors (Lipinski definition) is 2. The van der Waals surface area contributed by atoms with Gasteiger partial charge in [-0.05, 0) is 53.6 Å². The van der Waals surface area contributed by atoms with Gasteiger partial charge in [0, 0.05) is 40.0 Å². The second-order valence-corrected chi connectivity index (χ2v) is 8.42. The van der Waals surface area contributed by atoms with Crippen LogP contribution in [0.2, 0.25) is 0 Å². The van der Waals surface area contributed by atoms with Gasteiger partial charge in [0.1, 0.15) is 6.33 Å². The van der Waals surface area contributed by atoms with Crippen LogP contribution in [0.25, 0.3) is 0 Å². The van der Waals surface area contributed by atoms with Crippen molar-refractivity contribution in [2.45, 2.75) is 21.6 Å². The lowest BCUT2D eigenvalue weighted by atomic mass is 10.1. The minimum absolute atomic E-state index is 0.125. The van der Waals surface area contributed by atoms with Crippen LogP contribution in [0.15, 0.2) is 89.4 Å². The van der Waals surface area contributed by atoms with Crippen LogP contribution in [0.5, 0.6) is 0 Å². The Bertz CT molecular complexity index is 1070. The van der Waals surface area contributed by atoms with E-state index in [2.05, 4.69) is 31.5 Å². The summed E-state index contributed by atoms with van der Waals surface area (Å²) in [6.45, 7) is 0. The zero-order valence-corrected chi connectivity index (χ0v) is 17.6. The van der Waals surface area contributed by atoms with Crippen molar-refractivity contribution >= 4 is 35.1 Å². The molecule has 0 unspecified atom stereocenters. The Morgan fingerprint density at radius 3 is 2.43 bits per heavy atom. The van der Waals surface area contributed by atoms with Gasteiger partial charge in [0.2, 0.25) is 0 Å². The number of thioether (sulfide) groups is 2. The Balaban J connectivity index is 1.28. The Labute approximate surface area is 182 Å². The van der Waals surface area contributed by atoms with Gasteiger partial charge in [-0.3, -0.25) is 14.9 Å². The van der Waals surface area contributed by atoms with Gasteiger partial charge in [-0.15, -0.1) is 11.8 Å². The Hall–Kier alpha value is -3.10. The molecule has 4 rings (SSSR count). The van der Waals surface area contributed by atoms with Crippen LogP contribution in [0.3, 0.4) is 0 Å². The number of amides is 1. The third-order valence-corrected chi connectivity index (χ3v) is 6.26. The standard InChI is InChI=1S/C22H19N5OS2/c28-21(18-5-3-16(4-6-18)13-30-22-24-15-25-27-22)26-19-7-9-20(10-8-19)29-14-17-2-1-11-23-12-17/h1-12,15H,13-14H2,(H,26,28)(H,24,25,27). The summed E-state index contributed by atoms with van der Waals surface area (Å²) in [4.78, 5) is 21.9. The quantitative estimate of drug-likeness (QED) is 0.379. The predicted octanol–water partition coefficient (Wildman–Crippen LogP) is 5.04. The predicted molar refractivity (Wildman–Crippen MR) is 121 cm³/mol. The van der Waals surface area contributed by atoms with E-state index in [1.54, 1.807) is 29.7 Å². The molecule has 0 aliphatic heterocycles. The lowest BCUT2D eigenvalue weighted by Gasteiger charge is -2.07. The highest BCUT2D eigenvalue weighted by Crippen LogP contribution is 2.24. The summed E-state index contributed by atoms with van der Waals surface area (Å²) in [5.74, 6) is 1.50. The van der Waals surface area contributed by atoms with E-state index < -0.39 is 0 Å².